The van der Waals surface area contributed by atoms with Gasteiger partial charge in [-0.2, -0.15) is 0 Å². The molecule has 1 aliphatic heterocycles. The molecule has 4 rings (SSSR count). The number of aromatic nitrogens is 2. The molecule has 1 aliphatic rings. The van der Waals surface area contributed by atoms with Gasteiger partial charge in [-0.1, -0.05) is 61.8 Å². The number of anilines is 1. The highest BCUT2D eigenvalue weighted by Crippen LogP contribution is 2.25. The van der Waals surface area contributed by atoms with E-state index >= 15 is 0 Å². The summed E-state index contributed by atoms with van der Waals surface area (Å²) in [4.78, 5) is 32.1. The van der Waals surface area contributed by atoms with E-state index in [4.69, 9.17) is 16.3 Å². The van der Waals surface area contributed by atoms with Gasteiger partial charge in [-0.3, -0.25) is 19.5 Å². The fraction of sp³-hybridized carbons (Fsp3) is 0.346. The van der Waals surface area contributed by atoms with Crippen molar-refractivity contribution in [3.8, 4) is 16.9 Å². The van der Waals surface area contributed by atoms with Crippen LogP contribution in [0.1, 0.15) is 26.7 Å². The molecule has 1 saturated heterocycles. The summed E-state index contributed by atoms with van der Waals surface area (Å²) in [6.45, 7) is 4.70. The Morgan fingerprint density at radius 1 is 1.21 bits per heavy atom. The molecule has 8 heteroatoms. The molecule has 2 aromatic carbocycles. The maximum absolute atomic E-state index is 13.1. The van der Waals surface area contributed by atoms with Crippen LogP contribution < -0.4 is 5.32 Å². The van der Waals surface area contributed by atoms with Crippen molar-refractivity contribution in [2.45, 2.75) is 32.8 Å². The van der Waals surface area contributed by atoms with Crippen molar-refractivity contribution in [3.05, 3.63) is 65.8 Å². The molecular weight excluding hydrogens is 452 g/mol. The molecule has 0 radical (unpaired) electrons. The van der Waals surface area contributed by atoms with Gasteiger partial charge in [-0.05, 0) is 31.0 Å². The van der Waals surface area contributed by atoms with Gasteiger partial charge >= 0.3 is 0 Å². The van der Waals surface area contributed by atoms with Crippen LogP contribution in [-0.4, -0.2) is 52.1 Å². The number of imidazole rings is 1. The molecule has 1 unspecified atom stereocenters. The molecule has 1 atom stereocenters. The molecule has 2 heterocycles. The zero-order valence-corrected chi connectivity index (χ0v) is 20.2. The maximum atomic E-state index is 13.1. The summed E-state index contributed by atoms with van der Waals surface area (Å²) in [5.74, 6) is -0.248. The van der Waals surface area contributed by atoms with E-state index in [2.05, 4.69) is 10.3 Å². The van der Waals surface area contributed by atoms with E-state index in [0.29, 0.717) is 29.8 Å². The van der Waals surface area contributed by atoms with Gasteiger partial charge in [0.1, 0.15) is 6.54 Å². The summed E-state index contributed by atoms with van der Waals surface area (Å²) in [6.07, 6.45) is 3.69. The Morgan fingerprint density at radius 3 is 2.68 bits per heavy atom. The Balaban J connectivity index is 1.59. The van der Waals surface area contributed by atoms with Gasteiger partial charge in [0.15, 0.2) is 0 Å². The number of carbonyl (C=O) groups is 2. The summed E-state index contributed by atoms with van der Waals surface area (Å²) in [5.41, 5.74) is 2.41. The summed E-state index contributed by atoms with van der Waals surface area (Å²) >= 11 is 6.21. The Morgan fingerprint density at radius 2 is 2.00 bits per heavy atom. The van der Waals surface area contributed by atoms with Crippen molar-refractivity contribution in [1.82, 2.24) is 14.5 Å². The molecule has 1 N–H and O–H groups in total. The van der Waals surface area contributed by atoms with Gasteiger partial charge in [0, 0.05) is 41.5 Å². The van der Waals surface area contributed by atoms with Crippen LogP contribution in [0.15, 0.2) is 60.8 Å². The lowest BCUT2D eigenvalue weighted by atomic mass is 10.1. The predicted molar refractivity (Wildman–Crippen MR) is 133 cm³/mol. The number of halogens is 1. The fourth-order valence-electron chi connectivity index (χ4n) is 4.01. The minimum Gasteiger partial charge on any atom is -0.376 e. The van der Waals surface area contributed by atoms with E-state index in [1.165, 1.54) is 0 Å². The fourth-order valence-corrected chi connectivity index (χ4v) is 4.19. The van der Waals surface area contributed by atoms with Crippen LogP contribution in [0.2, 0.25) is 5.02 Å². The Hall–Kier alpha value is -3.16. The third-order valence-electron chi connectivity index (χ3n) is 5.70. The first-order valence-electron chi connectivity index (χ1n) is 11.5. The molecule has 34 heavy (non-hydrogen) atoms. The first kappa shape index (κ1) is 24.0. The molecule has 1 aromatic heterocycles. The van der Waals surface area contributed by atoms with Gasteiger partial charge in [0.05, 0.1) is 11.8 Å². The molecule has 0 spiro atoms. The van der Waals surface area contributed by atoms with Crippen LogP contribution in [0.25, 0.3) is 16.9 Å². The first-order chi connectivity index (χ1) is 16.4. The van der Waals surface area contributed by atoms with Crippen LogP contribution in [-0.2, 0) is 14.3 Å². The third-order valence-corrected chi connectivity index (χ3v) is 5.94. The van der Waals surface area contributed by atoms with Gasteiger partial charge in [0.2, 0.25) is 17.8 Å². The van der Waals surface area contributed by atoms with E-state index in [-0.39, 0.29) is 30.4 Å². The number of carbonyl (C=O) groups excluding carboxylic acids is 2. The minimum absolute atomic E-state index is 0.0337. The average molecular weight is 481 g/mol. The molecular formula is C26H29ClN4O3. The van der Waals surface area contributed by atoms with Gasteiger partial charge in [0.25, 0.3) is 0 Å². The highest BCUT2D eigenvalue weighted by molar-refractivity contribution is 6.30. The molecule has 2 amide bonds. The normalized spacial score (nSPS) is 15.5. The van der Waals surface area contributed by atoms with Crippen molar-refractivity contribution < 1.29 is 14.3 Å². The van der Waals surface area contributed by atoms with Crippen molar-refractivity contribution in [3.63, 3.8) is 0 Å². The molecule has 0 aliphatic carbocycles. The van der Waals surface area contributed by atoms with E-state index in [0.717, 1.165) is 24.1 Å². The Kier molecular flexibility index (Phi) is 7.65. The van der Waals surface area contributed by atoms with Crippen molar-refractivity contribution in [1.29, 1.82) is 0 Å². The summed E-state index contributed by atoms with van der Waals surface area (Å²) in [5, 5.41) is 3.48. The molecule has 3 aromatic rings. The minimum atomic E-state index is -0.319. The number of nitrogens with one attached hydrogen (secondary N) is 1. The first-order valence-corrected chi connectivity index (χ1v) is 11.9. The van der Waals surface area contributed by atoms with Crippen molar-refractivity contribution >= 4 is 29.4 Å². The molecule has 178 valence electrons. The lowest BCUT2D eigenvalue weighted by Crippen LogP contribution is -2.44. The van der Waals surface area contributed by atoms with Gasteiger partial charge in [-0.25, -0.2) is 4.98 Å². The van der Waals surface area contributed by atoms with Crippen molar-refractivity contribution in [2.75, 3.05) is 25.0 Å². The molecule has 0 bridgehead atoms. The Labute approximate surface area is 204 Å². The van der Waals surface area contributed by atoms with Gasteiger partial charge < -0.3 is 9.64 Å². The average Bonchev–Trinajstić information content (AvgIpc) is 3.49. The third kappa shape index (κ3) is 5.85. The standard InChI is InChI=1S/C26H29ClN4O3/c1-18(2)25(33)30(15-22-12-7-13-34-22)17-24(32)29-26-28-23(19-8-4-3-5-9-19)16-31(26)21-11-6-10-20(27)14-21/h3-6,8-11,14,16,18,22H,7,12-13,15,17H2,1-2H3,(H,28,29,32). The number of amides is 2. The second-order valence-electron chi connectivity index (χ2n) is 8.72. The Bertz CT molecular complexity index is 1140. The molecule has 0 saturated carbocycles. The van der Waals surface area contributed by atoms with Crippen LogP contribution in [0.4, 0.5) is 5.95 Å². The number of hydrogen-bond acceptors (Lipinski definition) is 4. The van der Waals surface area contributed by atoms with E-state index in [1.807, 2.05) is 62.5 Å². The highest BCUT2D eigenvalue weighted by atomic mass is 35.5. The van der Waals surface area contributed by atoms with Crippen LogP contribution in [0, 0.1) is 5.92 Å². The number of ether oxygens (including phenoxy) is 1. The van der Waals surface area contributed by atoms with Crippen molar-refractivity contribution in [2.24, 2.45) is 5.92 Å². The second-order valence-corrected chi connectivity index (χ2v) is 9.16. The summed E-state index contributed by atoms with van der Waals surface area (Å²) < 4.78 is 7.49. The molecule has 7 nitrogen and oxygen atoms in total. The number of hydrogen-bond donors (Lipinski definition) is 1. The second kappa shape index (κ2) is 10.8. The smallest absolute Gasteiger partial charge is 0.246 e. The molecule has 1 fully saturated rings. The zero-order valence-electron chi connectivity index (χ0n) is 19.4. The SMILES string of the molecule is CC(C)C(=O)N(CC(=O)Nc1nc(-c2ccccc2)cn1-c1cccc(Cl)c1)CC1CCCO1. The number of rotatable bonds is 8. The largest absolute Gasteiger partial charge is 0.376 e. The summed E-state index contributed by atoms with van der Waals surface area (Å²) in [6, 6.07) is 17.1. The summed E-state index contributed by atoms with van der Waals surface area (Å²) in [7, 11) is 0. The maximum Gasteiger partial charge on any atom is 0.246 e. The van der Waals surface area contributed by atoms with Crippen LogP contribution in [0.3, 0.4) is 0 Å². The monoisotopic (exact) mass is 480 g/mol. The number of nitrogens with zero attached hydrogens (tertiary/aromatic N) is 3. The quantitative estimate of drug-likeness (QED) is 0.502. The van der Waals surface area contributed by atoms with Crippen LogP contribution >= 0.6 is 11.6 Å². The van der Waals surface area contributed by atoms with E-state index in [9.17, 15) is 9.59 Å². The van der Waals surface area contributed by atoms with E-state index < -0.39 is 0 Å². The van der Waals surface area contributed by atoms with Crippen LogP contribution in [0.5, 0.6) is 0 Å². The lowest BCUT2D eigenvalue weighted by molar-refractivity contribution is -0.139. The zero-order chi connectivity index (χ0) is 24.1. The number of benzene rings is 2. The lowest BCUT2D eigenvalue weighted by Gasteiger charge is -2.26. The van der Waals surface area contributed by atoms with E-state index in [1.54, 1.807) is 21.6 Å². The predicted octanol–water partition coefficient (Wildman–Crippen LogP) is 4.79. The topological polar surface area (TPSA) is 76.5 Å². The van der Waals surface area contributed by atoms with Gasteiger partial charge in [-0.15, -0.1) is 0 Å². The highest BCUT2D eigenvalue weighted by Gasteiger charge is 2.26.